The molecule has 5 aromatic carbocycles. The molecule has 180 valence electrons. The average Bonchev–Trinajstić information content (AvgIpc) is 3.53. The molecule has 0 radical (unpaired) electrons. The highest BCUT2D eigenvalue weighted by Crippen LogP contribution is 2.43. The van der Waals surface area contributed by atoms with Crippen molar-refractivity contribution in [1.29, 1.82) is 0 Å². The van der Waals surface area contributed by atoms with E-state index in [0.717, 1.165) is 33.8 Å². The fourth-order valence-corrected chi connectivity index (χ4v) is 6.82. The molecule has 3 heterocycles. The molecule has 0 spiro atoms. The second-order valence-corrected chi connectivity index (χ2v) is 10.5. The molecule has 38 heavy (non-hydrogen) atoms. The van der Waals surface area contributed by atoms with Crippen molar-refractivity contribution in [1.82, 2.24) is 9.88 Å². The van der Waals surface area contributed by atoms with Gasteiger partial charge in [0.05, 0.1) is 11.0 Å². The standard InChI is InChI=1S/C33H22N4S/c1-3-11-21(12-4-1)31-34-32(22-13-5-2-6-14-22)36-33(35-31)37-26-17-9-7-16-25(26)29-27(37)20-19-24-23-15-8-10-18-28(23)38-30(24)29/h1-20,33H,(H,34,35,36). The monoisotopic (exact) mass is 506 g/mol. The van der Waals surface area contributed by atoms with Crippen LogP contribution in [0, 0.1) is 0 Å². The number of nitrogens with zero attached hydrogens (tertiary/aromatic N) is 3. The van der Waals surface area contributed by atoms with E-state index in [1.54, 1.807) is 0 Å². The molecule has 7 aromatic rings. The molecule has 0 amide bonds. The number of aliphatic imine (C=N–C) groups is 2. The van der Waals surface area contributed by atoms with Crippen LogP contribution in [0.2, 0.25) is 0 Å². The number of nitrogens with one attached hydrogen (secondary N) is 1. The minimum Gasteiger partial charge on any atom is -0.331 e. The van der Waals surface area contributed by atoms with Crippen molar-refractivity contribution in [2.24, 2.45) is 9.98 Å². The Balaban J connectivity index is 1.41. The summed E-state index contributed by atoms with van der Waals surface area (Å²) in [4.78, 5) is 10.1. The van der Waals surface area contributed by atoms with Gasteiger partial charge in [-0.25, -0.2) is 9.98 Å². The minimum atomic E-state index is -0.354. The molecule has 1 unspecified atom stereocenters. The molecule has 0 saturated carbocycles. The van der Waals surface area contributed by atoms with Gasteiger partial charge in [0, 0.05) is 42.1 Å². The molecule has 0 bridgehead atoms. The maximum absolute atomic E-state index is 5.18. The van der Waals surface area contributed by atoms with Gasteiger partial charge in [-0.15, -0.1) is 11.3 Å². The third kappa shape index (κ3) is 3.22. The first-order valence-corrected chi connectivity index (χ1v) is 13.5. The Hall–Kier alpha value is -4.74. The minimum absolute atomic E-state index is 0.354. The van der Waals surface area contributed by atoms with Gasteiger partial charge >= 0.3 is 0 Å². The molecule has 5 heteroatoms. The number of para-hydroxylation sites is 1. The summed E-state index contributed by atoms with van der Waals surface area (Å²) in [5, 5.41) is 8.79. The third-order valence-electron chi connectivity index (χ3n) is 7.27. The predicted molar refractivity (Wildman–Crippen MR) is 160 cm³/mol. The summed E-state index contributed by atoms with van der Waals surface area (Å²) in [5.41, 5.74) is 4.34. The van der Waals surface area contributed by atoms with Gasteiger partial charge in [0.1, 0.15) is 5.84 Å². The molecule has 8 rings (SSSR count). The van der Waals surface area contributed by atoms with Crippen LogP contribution < -0.4 is 5.32 Å². The van der Waals surface area contributed by atoms with E-state index in [1.807, 2.05) is 47.7 Å². The summed E-state index contributed by atoms with van der Waals surface area (Å²) in [6, 6.07) is 42.4. The number of hydrogen-bond acceptors (Lipinski definition) is 4. The van der Waals surface area contributed by atoms with E-state index in [4.69, 9.17) is 9.98 Å². The summed E-state index contributed by atoms with van der Waals surface area (Å²) >= 11 is 1.87. The Morgan fingerprint density at radius 2 is 1.29 bits per heavy atom. The van der Waals surface area contributed by atoms with Crippen LogP contribution in [-0.4, -0.2) is 16.2 Å². The van der Waals surface area contributed by atoms with Crippen LogP contribution >= 0.6 is 11.3 Å². The predicted octanol–water partition coefficient (Wildman–Crippen LogP) is 8.12. The highest BCUT2D eigenvalue weighted by molar-refractivity contribution is 7.26. The number of amidine groups is 2. The molecule has 1 aliphatic rings. The van der Waals surface area contributed by atoms with Gasteiger partial charge in [-0.05, 0) is 18.2 Å². The van der Waals surface area contributed by atoms with E-state index in [9.17, 15) is 0 Å². The van der Waals surface area contributed by atoms with Crippen LogP contribution in [0.15, 0.2) is 131 Å². The summed E-state index contributed by atoms with van der Waals surface area (Å²) in [6.07, 6.45) is -0.354. The summed E-state index contributed by atoms with van der Waals surface area (Å²) < 4.78 is 4.96. The molecule has 1 aliphatic heterocycles. The summed E-state index contributed by atoms with van der Waals surface area (Å²) in [6.45, 7) is 0. The number of benzene rings is 5. The van der Waals surface area contributed by atoms with Crippen molar-refractivity contribution in [3.63, 3.8) is 0 Å². The second kappa shape index (κ2) is 8.40. The Labute approximate surface area is 223 Å². The van der Waals surface area contributed by atoms with Gasteiger partial charge in [-0.2, -0.15) is 0 Å². The lowest BCUT2D eigenvalue weighted by atomic mass is 10.1. The topological polar surface area (TPSA) is 41.7 Å². The molecule has 1 N–H and O–H groups in total. The zero-order valence-corrected chi connectivity index (χ0v) is 21.2. The molecule has 1 atom stereocenters. The van der Waals surface area contributed by atoms with E-state index in [-0.39, 0.29) is 6.29 Å². The van der Waals surface area contributed by atoms with Crippen molar-refractivity contribution in [3.8, 4) is 0 Å². The van der Waals surface area contributed by atoms with Crippen LogP contribution in [-0.2, 0) is 0 Å². The lowest BCUT2D eigenvalue weighted by Crippen LogP contribution is -2.36. The highest BCUT2D eigenvalue weighted by atomic mass is 32.1. The van der Waals surface area contributed by atoms with Crippen molar-refractivity contribution in [2.45, 2.75) is 6.29 Å². The lowest BCUT2D eigenvalue weighted by Gasteiger charge is -2.25. The quantitative estimate of drug-likeness (QED) is 0.258. The summed E-state index contributed by atoms with van der Waals surface area (Å²) in [5.74, 6) is 1.54. The average molecular weight is 507 g/mol. The zero-order chi connectivity index (χ0) is 25.1. The first-order valence-electron chi connectivity index (χ1n) is 12.7. The van der Waals surface area contributed by atoms with Crippen molar-refractivity contribution in [3.05, 3.63) is 132 Å². The Morgan fingerprint density at radius 3 is 2.11 bits per heavy atom. The second-order valence-electron chi connectivity index (χ2n) is 9.48. The Bertz CT molecular complexity index is 2050. The van der Waals surface area contributed by atoms with Gasteiger partial charge in [0.2, 0.25) is 6.29 Å². The van der Waals surface area contributed by atoms with E-state index in [1.165, 1.54) is 30.9 Å². The fourth-order valence-electron chi connectivity index (χ4n) is 5.56. The van der Waals surface area contributed by atoms with Gasteiger partial charge < -0.3 is 9.88 Å². The van der Waals surface area contributed by atoms with E-state index < -0.39 is 0 Å². The van der Waals surface area contributed by atoms with E-state index in [2.05, 4.69) is 94.8 Å². The van der Waals surface area contributed by atoms with Gasteiger partial charge in [-0.3, -0.25) is 0 Å². The fraction of sp³-hybridized carbons (Fsp3) is 0.0303. The number of rotatable bonds is 3. The molecule has 2 aromatic heterocycles. The maximum atomic E-state index is 5.18. The number of aromatic nitrogens is 1. The van der Waals surface area contributed by atoms with Crippen molar-refractivity contribution < 1.29 is 0 Å². The van der Waals surface area contributed by atoms with Crippen LogP contribution in [0.1, 0.15) is 17.4 Å². The smallest absolute Gasteiger partial charge is 0.204 e. The van der Waals surface area contributed by atoms with Crippen LogP contribution in [0.4, 0.5) is 0 Å². The molecular weight excluding hydrogens is 484 g/mol. The van der Waals surface area contributed by atoms with Crippen molar-refractivity contribution >= 4 is 65.0 Å². The third-order valence-corrected chi connectivity index (χ3v) is 8.47. The maximum Gasteiger partial charge on any atom is 0.204 e. The first-order chi connectivity index (χ1) is 18.8. The van der Waals surface area contributed by atoms with Crippen LogP contribution in [0.3, 0.4) is 0 Å². The zero-order valence-electron chi connectivity index (χ0n) is 20.4. The largest absolute Gasteiger partial charge is 0.331 e. The van der Waals surface area contributed by atoms with Gasteiger partial charge in [0.25, 0.3) is 0 Å². The molecule has 0 aliphatic carbocycles. The Morgan fingerprint density at radius 1 is 0.605 bits per heavy atom. The Kier molecular flexibility index (Phi) is 4.72. The van der Waals surface area contributed by atoms with Gasteiger partial charge in [0.15, 0.2) is 5.84 Å². The summed E-state index contributed by atoms with van der Waals surface area (Å²) in [7, 11) is 0. The normalized spacial score (nSPS) is 15.6. The molecule has 0 saturated heterocycles. The lowest BCUT2D eigenvalue weighted by molar-refractivity contribution is 0.516. The van der Waals surface area contributed by atoms with Crippen molar-refractivity contribution in [2.75, 3.05) is 0 Å². The van der Waals surface area contributed by atoms with Crippen LogP contribution in [0.5, 0.6) is 0 Å². The number of hydrogen-bond donors (Lipinski definition) is 1. The molecular formula is C33H22N4S. The van der Waals surface area contributed by atoms with Gasteiger partial charge in [-0.1, -0.05) is 103 Å². The van der Waals surface area contributed by atoms with E-state index in [0.29, 0.717) is 0 Å². The molecule has 4 nitrogen and oxygen atoms in total. The highest BCUT2D eigenvalue weighted by Gasteiger charge is 2.25. The molecule has 0 fully saturated rings. The number of fused-ring (bicyclic) bond motifs is 7. The number of thiophene rings is 1. The van der Waals surface area contributed by atoms with Crippen LogP contribution in [0.25, 0.3) is 42.0 Å². The first kappa shape index (κ1) is 21.4. The van der Waals surface area contributed by atoms with E-state index >= 15 is 0 Å². The SMILES string of the molecule is c1ccc(C2=NC(n3c4ccccc4c4c5sc6ccccc6c5ccc43)NC(c3ccccc3)=N2)cc1.